The Labute approximate surface area is 256 Å². The van der Waals surface area contributed by atoms with Crippen molar-refractivity contribution in [3.8, 4) is 0 Å². The fourth-order valence-corrected chi connectivity index (χ4v) is 7.98. The lowest BCUT2D eigenvalue weighted by Crippen LogP contribution is -2.52. The van der Waals surface area contributed by atoms with Gasteiger partial charge in [0.1, 0.15) is 0 Å². The van der Waals surface area contributed by atoms with Crippen molar-refractivity contribution in [3.63, 3.8) is 0 Å². The average molecular weight is 596 g/mol. The molecule has 0 atom stereocenters. The number of hydrogen-bond acceptors (Lipinski definition) is 4. The summed E-state index contributed by atoms with van der Waals surface area (Å²) in [5, 5.41) is 0. The van der Waals surface area contributed by atoms with Crippen LogP contribution in [-0.2, 0) is 21.4 Å². The van der Waals surface area contributed by atoms with Crippen molar-refractivity contribution in [2.24, 2.45) is 0 Å². The van der Waals surface area contributed by atoms with Gasteiger partial charge >= 0.3 is 0 Å². The highest BCUT2D eigenvalue weighted by Gasteiger charge is 2.33. The lowest BCUT2D eigenvalue weighted by atomic mass is 9.96. The average Bonchev–Trinajstić information content (AvgIpc) is 2.99. The first-order valence-corrected chi connectivity index (χ1v) is 16.3. The van der Waals surface area contributed by atoms with Gasteiger partial charge in [-0.25, -0.2) is 8.42 Å². The summed E-state index contributed by atoms with van der Waals surface area (Å²) >= 11 is 0. The molecular weight excluding hydrogens is 554 g/mol. The second-order valence-electron chi connectivity index (χ2n) is 11.6. The molecule has 1 amide bonds. The molecule has 5 rings (SSSR count). The summed E-state index contributed by atoms with van der Waals surface area (Å²) in [5.74, 6) is -0.172. The first kappa shape index (κ1) is 30.7. The Kier molecular flexibility index (Phi) is 9.45. The number of carbonyl (C=O) groups is 1. The molecule has 6 nitrogen and oxygen atoms in total. The van der Waals surface area contributed by atoms with Crippen molar-refractivity contribution in [1.82, 2.24) is 14.1 Å². The predicted octanol–water partition coefficient (Wildman–Crippen LogP) is 6.04. The van der Waals surface area contributed by atoms with E-state index in [-0.39, 0.29) is 29.9 Å². The van der Waals surface area contributed by atoms with Gasteiger partial charge in [0.05, 0.1) is 17.5 Å². The molecule has 0 unspecified atom stereocenters. The molecule has 0 saturated carbocycles. The fourth-order valence-electron chi connectivity index (χ4n) is 6.19. The number of rotatable bonds is 9. The van der Waals surface area contributed by atoms with Crippen molar-refractivity contribution in [2.75, 3.05) is 32.7 Å². The number of sulfonamides is 1. The zero-order valence-electron chi connectivity index (χ0n) is 25.5. The molecule has 7 heteroatoms. The minimum absolute atomic E-state index is 0.0885. The van der Waals surface area contributed by atoms with Crippen molar-refractivity contribution in [2.45, 2.75) is 45.2 Å². The fraction of sp³-hybridized carbons (Fsp3) is 0.306. The monoisotopic (exact) mass is 595 g/mol. The van der Waals surface area contributed by atoms with E-state index in [1.807, 2.05) is 81.1 Å². The normalized spacial score (nSPS) is 14.4. The molecule has 1 aliphatic rings. The number of carbonyl (C=O) groups excluding carboxylic acids is 1. The minimum Gasteiger partial charge on any atom is -0.339 e. The molecule has 0 N–H and O–H groups in total. The van der Waals surface area contributed by atoms with E-state index < -0.39 is 10.0 Å². The van der Waals surface area contributed by atoms with E-state index in [0.717, 1.165) is 16.7 Å². The molecule has 0 radical (unpaired) electrons. The van der Waals surface area contributed by atoms with Crippen molar-refractivity contribution in [3.05, 3.63) is 136 Å². The van der Waals surface area contributed by atoms with Gasteiger partial charge in [0, 0.05) is 32.7 Å². The van der Waals surface area contributed by atoms with Gasteiger partial charge in [-0.15, -0.1) is 0 Å². The highest BCUT2D eigenvalue weighted by atomic mass is 32.2. The quantitative estimate of drug-likeness (QED) is 0.237. The Morgan fingerprint density at radius 2 is 1.23 bits per heavy atom. The Morgan fingerprint density at radius 1 is 0.721 bits per heavy atom. The van der Waals surface area contributed by atoms with E-state index >= 15 is 0 Å². The lowest BCUT2D eigenvalue weighted by molar-refractivity contribution is -0.133. The molecule has 4 aromatic carbocycles. The molecule has 0 spiro atoms. The van der Waals surface area contributed by atoms with Gasteiger partial charge in [-0.3, -0.25) is 9.69 Å². The molecule has 4 aromatic rings. The van der Waals surface area contributed by atoms with Gasteiger partial charge in [-0.05, 0) is 55.5 Å². The van der Waals surface area contributed by atoms with Gasteiger partial charge in [0.25, 0.3) is 0 Å². The van der Waals surface area contributed by atoms with Crippen LogP contribution in [0.2, 0.25) is 0 Å². The third kappa shape index (κ3) is 7.07. The van der Waals surface area contributed by atoms with Crippen LogP contribution in [0.3, 0.4) is 0 Å². The molecule has 224 valence electrons. The van der Waals surface area contributed by atoms with E-state index in [4.69, 9.17) is 0 Å². The van der Waals surface area contributed by atoms with Crippen LogP contribution in [0.25, 0.3) is 0 Å². The maximum Gasteiger partial charge on any atom is 0.244 e. The molecule has 0 aromatic heterocycles. The van der Waals surface area contributed by atoms with Crippen LogP contribution in [0.15, 0.2) is 102 Å². The standard InChI is InChI=1S/C36H41N3O3S/c1-27-15-17-31(18-16-27)25-39(43(41,42)36-29(3)23-28(2)24-30(36)4)26-34(40)37-19-21-38(22-20-37)35(32-11-7-5-8-12-32)33-13-9-6-10-14-33/h5-18,23-24,35H,19-22,25-26H2,1-4H3. The van der Waals surface area contributed by atoms with Crippen LogP contribution < -0.4 is 0 Å². The van der Waals surface area contributed by atoms with E-state index in [9.17, 15) is 13.2 Å². The number of aryl methyl sites for hydroxylation is 4. The van der Waals surface area contributed by atoms with Gasteiger partial charge in [0.15, 0.2) is 0 Å². The summed E-state index contributed by atoms with van der Waals surface area (Å²) < 4.78 is 29.7. The van der Waals surface area contributed by atoms with Crippen molar-refractivity contribution >= 4 is 15.9 Å². The maximum absolute atomic E-state index is 14.2. The van der Waals surface area contributed by atoms with E-state index in [1.54, 1.807) is 0 Å². The molecule has 0 aliphatic carbocycles. The van der Waals surface area contributed by atoms with Gasteiger partial charge in [0.2, 0.25) is 15.9 Å². The minimum atomic E-state index is -3.94. The lowest BCUT2D eigenvalue weighted by Gasteiger charge is -2.40. The summed E-state index contributed by atoms with van der Waals surface area (Å²) in [6.45, 7) is 10.0. The van der Waals surface area contributed by atoms with Gasteiger partial charge in [-0.1, -0.05) is 108 Å². The Morgan fingerprint density at radius 3 is 1.74 bits per heavy atom. The second-order valence-corrected chi connectivity index (χ2v) is 13.5. The Bertz CT molecular complexity index is 1580. The number of nitrogens with zero attached hydrogens (tertiary/aromatic N) is 3. The molecule has 1 aliphatic heterocycles. The van der Waals surface area contributed by atoms with Crippen LogP contribution in [-0.4, -0.2) is 61.2 Å². The highest BCUT2D eigenvalue weighted by Crippen LogP contribution is 2.30. The van der Waals surface area contributed by atoms with E-state index in [0.29, 0.717) is 37.3 Å². The zero-order chi connectivity index (χ0) is 30.6. The molecule has 43 heavy (non-hydrogen) atoms. The largest absolute Gasteiger partial charge is 0.339 e. The van der Waals surface area contributed by atoms with Crippen molar-refractivity contribution < 1.29 is 13.2 Å². The number of piperazine rings is 1. The Hall–Kier alpha value is -3.78. The highest BCUT2D eigenvalue weighted by molar-refractivity contribution is 7.89. The topological polar surface area (TPSA) is 60.9 Å². The van der Waals surface area contributed by atoms with Crippen LogP contribution in [0.1, 0.15) is 45.0 Å². The Balaban J connectivity index is 1.36. The van der Waals surface area contributed by atoms with Crippen LogP contribution >= 0.6 is 0 Å². The zero-order valence-corrected chi connectivity index (χ0v) is 26.3. The summed E-state index contributed by atoms with van der Waals surface area (Å²) in [6.07, 6.45) is 0. The first-order chi connectivity index (χ1) is 20.6. The molecule has 0 bridgehead atoms. The maximum atomic E-state index is 14.2. The molecule has 1 saturated heterocycles. The van der Waals surface area contributed by atoms with Gasteiger partial charge < -0.3 is 4.90 Å². The smallest absolute Gasteiger partial charge is 0.244 e. The molecule has 1 fully saturated rings. The number of hydrogen-bond donors (Lipinski definition) is 0. The predicted molar refractivity (Wildman–Crippen MR) is 172 cm³/mol. The third-order valence-corrected chi connectivity index (χ3v) is 10.4. The van der Waals surface area contributed by atoms with Gasteiger partial charge in [-0.2, -0.15) is 4.31 Å². The van der Waals surface area contributed by atoms with Crippen LogP contribution in [0, 0.1) is 27.7 Å². The summed E-state index contributed by atoms with van der Waals surface area (Å²) in [4.78, 5) is 18.3. The first-order valence-electron chi connectivity index (χ1n) is 14.9. The van der Waals surface area contributed by atoms with E-state index in [1.165, 1.54) is 15.4 Å². The third-order valence-electron chi connectivity index (χ3n) is 8.26. The van der Waals surface area contributed by atoms with Crippen molar-refractivity contribution in [1.29, 1.82) is 0 Å². The summed E-state index contributed by atoms with van der Waals surface area (Å²) in [7, 11) is -3.94. The molecule has 1 heterocycles. The van der Waals surface area contributed by atoms with Crippen LogP contribution in [0.5, 0.6) is 0 Å². The summed E-state index contributed by atoms with van der Waals surface area (Å²) in [5.41, 5.74) is 6.78. The van der Waals surface area contributed by atoms with E-state index in [2.05, 4.69) is 53.4 Å². The second kappa shape index (κ2) is 13.2. The summed E-state index contributed by atoms with van der Waals surface area (Å²) in [6, 6.07) is 32.6. The number of benzene rings is 4. The SMILES string of the molecule is Cc1ccc(CN(CC(=O)N2CCN(C(c3ccccc3)c3ccccc3)CC2)S(=O)(=O)c2c(C)cc(C)cc2C)cc1. The van der Waals surface area contributed by atoms with Crippen LogP contribution in [0.4, 0.5) is 0 Å². The number of amides is 1. The molecular formula is C36H41N3O3S.